The number of halogens is 1. The van der Waals surface area contributed by atoms with Crippen LogP contribution in [0.1, 0.15) is 6.92 Å². The maximum absolute atomic E-state index is 11.5. The Hall–Kier alpha value is -2.36. The molecule has 22 heavy (non-hydrogen) atoms. The van der Waals surface area contributed by atoms with Gasteiger partial charge >= 0.3 is 5.97 Å². The number of nitrogens with one attached hydrogen (secondary N) is 1. The van der Waals surface area contributed by atoms with Gasteiger partial charge in [-0.3, -0.25) is 0 Å². The molecule has 0 aliphatic carbocycles. The van der Waals surface area contributed by atoms with E-state index in [1.807, 2.05) is 17.5 Å². The number of hydrogen-bond acceptors (Lipinski definition) is 6. The van der Waals surface area contributed by atoms with Gasteiger partial charge in [0.2, 0.25) is 0 Å². The Morgan fingerprint density at radius 2 is 2.23 bits per heavy atom. The molecule has 5 nitrogen and oxygen atoms in total. The third kappa shape index (κ3) is 4.07. The smallest absolute Gasteiger partial charge is 0.350 e. The molecule has 0 amide bonds. The lowest BCUT2D eigenvalue weighted by Gasteiger charge is -2.00. The number of anilines is 1. The standard InChI is InChI=1S/C15H12ClN3O2S/c1-2-21-14(20)11(7-17)8-18-15-19-13(9-22-15)10-3-5-12(16)6-4-10/h3-6,8-9H,2H2,1H3,(H,18,19)/b11-8+. The molecule has 2 rings (SSSR count). The van der Waals surface area contributed by atoms with Crippen molar-refractivity contribution in [3.05, 3.63) is 46.4 Å². The summed E-state index contributed by atoms with van der Waals surface area (Å²) < 4.78 is 4.77. The number of benzene rings is 1. The zero-order valence-corrected chi connectivity index (χ0v) is 13.2. The van der Waals surface area contributed by atoms with Crippen LogP contribution in [0.4, 0.5) is 5.13 Å². The van der Waals surface area contributed by atoms with Crippen molar-refractivity contribution >= 4 is 34.0 Å². The first-order valence-electron chi connectivity index (χ1n) is 6.39. The molecule has 1 aromatic heterocycles. The molecule has 0 unspecified atom stereocenters. The van der Waals surface area contributed by atoms with Crippen molar-refractivity contribution in [3.63, 3.8) is 0 Å². The molecule has 7 heteroatoms. The summed E-state index contributed by atoms with van der Waals surface area (Å²) in [5.74, 6) is -0.660. The summed E-state index contributed by atoms with van der Waals surface area (Å²) in [6, 6.07) is 9.11. The largest absolute Gasteiger partial charge is 0.462 e. The molecule has 112 valence electrons. The van der Waals surface area contributed by atoms with Crippen LogP contribution in [0, 0.1) is 11.3 Å². The van der Waals surface area contributed by atoms with Gasteiger partial charge in [-0.1, -0.05) is 23.7 Å². The van der Waals surface area contributed by atoms with E-state index < -0.39 is 5.97 Å². The Morgan fingerprint density at radius 1 is 1.50 bits per heavy atom. The third-order valence-electron chi connectivity index (χ3n) is 2.60. The third-order valence-corrected chi connectivity index (χ3v) is 3.63. The quantitative estimate of drug-likeness (QED) is 0.511. The summed E-state index contributed by atoms with van der Waals surface area (Å²) in [7, 11) is 0. The van der Waals surface area contributed by atoms with Crippen LogP contribution in [0.2, 0.25) is 5.02 Å². The fourth-order valence-electron chi connectivity index (χ4n) is 1.57. The van der Waals surface area contributed by atoms with E-state index in [1.54, 1.807) is 25.1 Å². The highest BCUT2D eigenvalue weighted by atomic mass is 35.5. The monoisotopic (exact) mass is 333 g/mol. The molecule has 0 saturated heterocycles. The number of hydrogen-bond donors (Lipinski definition) is 1. The number of rotatable bonds is 5. The number of carbonyl (C=O) groups excluding carboxylic acids is 1. The van der Waals surface area contributed by atoms with Crippen molar-refractivity contribution in [1.29, 1.82) is 5.26 Å². The van der Waals surface area contributed by atoms with Crippen LogP contribution in [0.25, 0.3) is 11.3 Å². The van der Waals surface area contributed by atoms with Crippen molar-refractivity contribution in [1.82, 2.24) is 4.98 Å². The molecule has 0 radical (unpaired) electrons. The first kappa shape index (κ1) is 16.0. The lowest BCUT2D eigenvalue weighted by molar-refractivity contribution is -0.138. The zero-order valence-electron chi connectivity index (χ0n) is 11.7. The number of thiazole rings is 1. The second-order valence-electron chi connectivity index (χ2n) is 4.08. The zero-order chi connectivity index (χ0) is 15.9. The van der Waals surface area contributed by atoms with Gasteiger partial charge in [-0.25, -0.2) is 9.78 Å². The minimum atomic E-state index is -0.660. The first-order valence-corrected chi connectivity index (χ1v) is 7.65. The Labute approximate surface area is 136 Å². The predicted octanol–water partition coefficient (Wildman–Crippen LogP) is 3.85. The van der Waals surface area contributed by atoms with Crippen LogP contribution in [-0.2, 0) is 9.53 Å². The number of nitrogens with zero attached hydrogens (tertiary/aromatic N) is 2. The topological polar surface area (TPSA) is 75.0 Å². The van der Waals surface area contributed by atoms with E-state index >= 15 is 0 Å². The van der Waals surface area contributed by atoms with Crippen molar-refractivity contribution in [3.8, 4) is 17.3 Å². The van der Waals surface area contributed by atoms with Crippen LogP contribution in [-0.4, -0.2) is 17.6 Å². The van der Waals surface area contributed by atoms with Crippen molar-refractivity contribution < 1.29 is 9.53 Å². The Bertz CT molecular complexity index is 732. The van der Waals surface area contributed by atoms with E-state index in [9.17, 15) is 4.79 Å². The normalized spacial score (nSPS) is 10.9. The molecule has 0 spiro atoms. The minimum absolute atomic E-state index is 0.106. The minimum Gasteiger partial charge on any atom is -0.462 e. The molecule has 0 fully saturated rings. The van der Waals surface area contributed by atoms with Gasteiger partial charge in [0.05, 0.1) is 12.3 Å². The van der Waals surface area contributed by atoms with E-state index in [4.69, 9.17) is 21.6 Å². The summed E-state index contributed by atoms with van der Waals surface area (Å²) in [6.45, 7) is 1.90. The lowest BCUT2D eigenvalue weighted by Crippen LogP contribution is -2.07. The lowest BCUT2D eigenvalue weighted by atomic mass is 10.2. The number of aromatic nitrogens is 1. The van der Waals surface area contributed by atoms with Gasteiger partial charge in [0, 0.05) is 22.2 Å². The molecular formula is C15H12ClN3O2S. The van der Waals surface area contributed by atoms with Gasteiger partial charge in [-0.05, 0) is 19.1 Å². The van der Waals surface area contributed by atoms with E-state index in [0.29, 0.717) is 10.2 Å². The van der Waals surface area contributed by atoms with Crippen LogP contribution in [0.3, 0.4) is 0 Å². The Balaban J connectivity index is 2.10. The molecule has 1 aromatic carbocycles. The van der Waals surface area contributed by atoms with E-state index in [-0.39, 0.29) is 12.2 Å². The van der Waals surface area contributed by atoms with Crippen molar-refractivity contribution in [2.45, 2.75) is 6.92 Å². The molecule has 0 saturated carbocycles. The average molecular weight is 334 g/mol. The maximum Gasteiger partial charge on any atom is 0.350 e. The predicted molar refractivity (Wildman–Crippen MR) is 86.5 cm³/mol. The van der Waals surface area contributed by atoms with Gasteiger partial charge in [-0.15, -0.1) is 11.3 Å². The summed E-state index contributed by atoms with van der Waals surface area (Å²) in [5.41, 5.74) is 1.61. The SMILES string of the molecule is CCOC(=O)/C(C#N)=C/Nc1nc(-c2ccc(Cl)cc2)cs1. The van der Waals surface area contributed by atoms with Crippen LogP contribution in [0.5, 0.6) is 0 Å². The highest BCUT2D eigenvalue weighted by Crippen LogP contribution is 2.26. The number of nitriles is 1. The van der Waals surface area contributed by atoms with Crippen molar-refractivity contribution in [2.75, 3.05) is 11.9 Å². The molecule has 0 atom stereocenters. The van der Waals surface area contributed by atoms with Crippen LogP contribution in [0.15, 0.2) is 41.4 Å². The Kier molecular flexibility index (Phi) is 5.53. The molecule has 0 bridgehead atoms. The Morgan fingerprint density at radius 3 is 2.86 bits per heavy atom. The van der Waals surface area contributed by atoms with E-state index in [0.717, 1.165) is 11.3 Å². The van der Waals surface area contributed by atoms with Gasteiger partial charge in [0.25, 0.3) is 0 Å². The summed E-state index contributed by atoms with van der Waals surface area (Å²) >= 11 is 7.21. The van der Waals surface area contributed by atoms with Gasteiger partial charge in [-0.2, -0.15) is 5.26 Å². The molecule has 0 aliphatic heterocycles. The summed E-state index contributed by atoms with van der Waals surface area (Å²) in [5, 5.41) is 14.9. The van der Waals surface area contributed by atoms with E-state index in [1.165, 1.54) is 17.5 Å². The summed E-state index contributed by atoms with van der Waals surface area (Å²) in [6.07, 6.45) is 1.29. The van der Waals surface area contributed by atoms with Crippen molar-refractivity contribution in [2.24, 2.45) is 0 Å². The molecule has 0 aliphatic rings. The number of ether oxygens (including phenoxy) is 1. The highest BCUT2D eigenvalue weighted by molar-refractivity contribution is 7.14. The fraction of sp³-hybridized carbons (Fsp3) is 0.133. The number of esters is 1. The molecule has 1 heterocycles. The molecule has 2 aromatic rings. The molecular weight excluding hydrogens is 322 g/mol. The van der Waals surface area contributed by atoms with Gasteiger partial charge in [0.1, 0.15) is 6.07 Å². The maximum atomic E-state index is 11.5. The second-order valence-corrected chi connectivity index (χ2v) is 5.37. The molecule has 1 N–H and O–H groups in total. The highest BCUT2D eigenvalue weighted by Gasteiger charge is 2.10. The second kappa shape index (κ2) is 7.59. The number of carbonyl (C=O) groups is 1. The fourth-order valence-corrected chi connectivity index (χ4v) is 2.39. The van der Waals surface area contributed by atoms with Gasteiger partial charge in [0.15, 0.2) is 10.7 Å². The summed E-state index contributed by atoms with van der Waals surface area (Å²) in [4.78, 5) is 15.9. The van der Waals surface area contributed by atoms with Crippen LogP contribution < -0.4 is 5.32 Å². The van der Waals surface area contributed by atoms with Crippen LogP contribution >= 0.6 is 22.9 Å². The first-order chi connectivity index (χ1) is 10.6. The van der Waals surface area contributed by atoms with E-state index in [2.05, 4.69) is 10.3 Å². The average Bonchev–Trinajstić information content (AvgIpc) is 2.98. The van der Waals surface area contributed by atoms with Gasteiger partial charge < -0.3 is 10.1 Å².